The zero-order valence-electron chi connectivity index (χ0n) is 20.4. The number of carbonyl (C=O) groups is 3. The lowest BCUT2D eigenvalue weighted by atomic mass is 10.1. The van der Waals surface area contributed by atoms with Crippen molar-refractivity contribution in [2.75, 3.05) is 19.5 Å². The molecule has 0 saturated heterocycles. The van der Waals surface area contributed by atoms with Gasteiger partial charge in [-0.2, -0.15) is 5.10 Å². The van der Waals surface area contributed by atoms with E-state index < -0.39 is 17.8 Å². The fourth-order valence-electron chi connectivity index (χ4n) is 3.86. The molecule has 0 spiro atoms. The average molecular weight is 576 g/mol. The molecule has 2 aromatic carbocycles. The lowest BCUT2D eigenvalue weighted by Gasteiger charge is -2.12. The number of anilines is 1. The molecule has 0 atom stereocenters. The smallest absolute Gasteiger partial charge is 0.341 e. The van der Waals surface area contributed by atoms with Crippen LogP contribution in [0.1, 0.15) is 38.3 Å². The number of nitrogens with zero attached hydrogens (tertiary/aromatic N) is 1. The first-order chi connectivity index (χ1) is 18.3. The van der Waals surface area contributed by atoms with Crippen LogP contribution in [0.25, 0.3) is 0 Å². The van der Waals surface area contributed by atoms with E-state index >= 15 is 0 Å². The van der Waals surface area contributed by atoms with Crippen LogP contribution in [0, 0.1) is 0 Å². The molecule has 1 aromatic heterocycles. The molecule has 3 aromatic rings. The van der Waals surface area contributed by atoms with Gasteiger partial charge in [0, 0.05) is 20.5 Å². The number of rotatable bonds is 8. The number of nitrogens with one attached hydrogen (secondary N) is 2. The number of esters is 1. The summed E-state index contributed by atoms with van der Waals surface area (Å²) in [6.45, 7) is 0.204. The minimum Gasteiger partial charge on any atom is -0.493 e. The second kappa shape index (κ2) is 12.3. The first-order valence-corrected chi connectivity index (χ1v) is 13.0. The van der Waals surface area contributed by atoms with Gasteiger partial charge in [0.25, 0.3) is 0 Å². The maximum atomic E-state index is 12.4. The van der Waals surface area contributed by atoms with Crippen LogP contribution in [0.5, 0.6) is 11.5 Å². The second-order valence-electron chi connectivity index (χ2n) is 8.14. The number of methoxy groups -OCH3 is 2. The van der Waals surface area contributed by atoms with Crippen molar-refractivity contribution in [3.8, 4) is 11.5 Å². The monoisotopic (exact) mass is 575 g/mol. The number of halogens is 2. The summed E-state index contributed by atoms with van der Waals surface area (Å²) >= 11 is 13.4. The number of hydrazone groups is 1. The molecule has 0 bridgehead atoms. The molecule has 0 radical (unpaired) electrons. The van der Waals surface area contributed by atoms with E-state index in [-0.39, 0.29) is 6.61 Å². The summed E-state index contributed by atoms with van der Waals surface area (Å²) < 4.78 is 16.1. The van der Waals surface area contributed by atoms with E-state index in [4.69, 9.17) is 37.4 Å². The zero-order valence-corrected chi connectivity index (χ0v) is 22.8. The maximum Gasteiger partial charge on any atom is 0.341 e. The largest absolute Gasteiger partial charge is 0.493 e. The van der Waals surface area contributed by atoms with E-state index in [1.54, 1.807) is 36.4 Å². The molecule has 9 nitrogen and oxygen atoms in total. The molecule has 0 fully saturated rings. The van der Waals surface area contributed by atoms with E-state index in [0.29, 0.717) is 37.7 Å². The molecule has 1 aliphatic rings. The summed E-state index contributed by atoms with van der Waals surface area (Å²) in [5, 5.41) is 7.67. The Bertz CT molecular complexity index is 1420. The Balaban J connectivity index is 1.36. The molecule has 1 heterocycles. The fourth-order valence-corrected chi connectivity index (χ4v) is 5.60. The molecular formula is C26H23Cl2N3O6S. The van der Waals surface area contributed by atoms with Crippen molar-refractivity contribution in [2.24, 2.45) is 5.10 Å². The molecule has 4 rings (SSSR count). The van der Waals surface area contributed by atoms with Gasteiger partial charge >= 0.3 is 17.8 Å². The molecule has 38 heavy (non-hydrogen) atoms. The van der Waals surface area contributed by atoms with Gasteiger partial charge in [-0.25, -0.2) is 10.2 Å². The Hall–Kier alpha value is -3.60. The van der Waals surface area contributed by atoms with E-state index in [0.717, 1.165) is 35.3 Å². The highest BCUT2D eigenvalue weighted by molar-refractivity contribution is 7.17. The minimum absolute atomic E-state index is 0.204. The van der Waals surface area contributed by atoms with Crippen LogP contribution in [0.4, 0.5) is 5.00 Å². The molecule has 2 amide bonds. The standard InChI is InChI=1S/C26H23Cl2N3O6S/c1-35-20-10-14(6-9-19(20)37-13-15-7-8-16(27)11-18(15)28)12-29-31-24(33)23(32)30-25-22(26(34)36-2)17-4-3-5-21(17)38-25/h6-12H,3-5,13H2,1-2H3,(H,30,32)(H,31,33). The third-order valence-corrected chi connectivity index (χ3v) is 7.50. The Morgan fingerprint density at radius 3 is 2.61 bits per heavy atom. The van der Waals surface area contributed by atoms with Crippen molar-refractivity contribution in [1.82, 2.24) is 5.43 Å². The highest BCUT2D eigenvalue weighted by Gasteiger charge is 2.29. The number of carbonyl (C=O) groups excluding carboxylic acids is 3. The normalized spacial score (nSPS) is 12.2. The number of ether oxygens (including phenoxy) is 3. The summed E-state index contributed by atoms with van der Waals surface area (Å²) in [6, 6.07) is 10.2. The van der Waals surface area contributed by atoms with Gasteiger partial charge in [0.1, 0.15) is 11.6 Å². The first-order valence-electron chi connectivity index (χ1n) is 11.4. The maximum absolute atomic E-state index is 12.4. The van der Waals surface area contributed by atoms with Crippen LogP contribution in [0.15, 0.2) is 41.5 Å². The van der Waals surface area contributed by atoms with Crippen molar-refractivity contribution in [2.45, 2.75) is 25.9 Å². The van der Waals surface area contributed by atoms with E-state index in [1.165, 1.54) is 31.8 Å². The van der Waals surface area contributed by atoms with Crippen molar-refractivity contribution in [3.63, 3.8) is 0 Å². The van der Waals surface area contributed by atoms with Gasteiger partial charge < -0.3 is 19.5 Å². The van der Waals surface area contributed by atoms with Gasteiger partial charge in [-0.05, 0) is 60.7 Å². The van der Waals surface area contributed by atoms with E-state index in [1.807, 2.05) is 0 Å². The van der Waals surface area contributed by atoms with E-state index in [2.05, 4.69) is 15.8 Å². The van der Waals surface area contributed by atoms with E-state index in [9.17, 15) is 14.4 Å². The summed E-state index contributed by atoms with van der Waals surface area (Å²) in [6.07, 6.45) is 3.83. The number of benzene rings is 2. The molecule has 0 unspecified atom stereocenters. The fraction of sp³-hybridized carbons (Fsp3) is 0.231. The summed E-state index contributed by atoms with van der Waals surface area (Å²) in [5.41, 5.74) is 4.70. The van der Waals surface area contributed by atoms with Gasteiger partial charge in [-0.15, -0.1) is 11.3 Å². The van der Waals surface area contributed by atoms with Crippen molar-refractivity contribution < 1.29 is 28.6 Å². The van der Waals surface area contributed by atoms with Gasteiger partial charge in [0.2, 0.25) is 0 Å². The van der Waals surface area contributed by atoms with Crippen LogP contribution in [0.3, 0.4) is 0 Å². The molecule has 0 saturated carbocycles. The Morgan fingerprint density at radius 1 is 1.05 bits per heavy atom. The van der Waals surface area contributed by atoms with Crippen molar-refractivity contribution >= 4 is 63.5 Å². The second-order valence-corrected chi connectivity index (χ2v) is 10.1. The lowest BCUT2D eigenvalue weighted by molar-refractivity contribution is -0.136. The van der Waals surface area contributed by atoms with Gasteiger partial charge in [0.05, 0.1) is 26.0 Å². The van der Waals surface area contributed by atoms with Crippen LogP contribution < -0.4 is 20.2 Å². The van der Waals surface area contributed by atoms with Gasteiger partial charge in [-0.1, -0.05) is 29.3 Å². The summed E-state index contributed by atoms with van der Waals surface area (Å²) in [4.78, 5) is 38.0. The number of aryl methyl sites for hydroxylation is 1. The summed E-state index contributed by atoms with van der Waals surface area (Å²) in [5.74, 6) is -1.57. The molecule has 1 aliphatic carbocycles. The lowest BCUT2D eigenvalue weighted by Crippen LogP contribution is -2.32. The third-order valence-electron chi connectivity index (χ3n) is 5.71. The van der Waals surface area contributed by atoms with Crippen LogP contribution >= 0.6 is 34.5 Å². The highest BCUT2D eigenvalue weighted by atomic mass is 35.5. The Labute approximate surface area is 232 Å². The predicted molar refractivity (Wildman–Crippen MR) is 146 cm³/mol. The SMILES string of the molecule is COC(=O)c1c(NC(=O)C(=O)NN=Cc2ccc(OCc3ccc(Cl)cc3Cl)c(OC)c2)sc2c1CCC2. The van der Waals surface area contributed by atoms with Crippen molar-refractivity contribution in [3.05, 3.63) is 73.6 Å². The quantitative estimate of drug-likeness (QED) is 0.169. The third kappa shape index (κ3) is 6.27. The number of amides is 2. The first kappa shape index (κ1) is 27.4. The van der Waals surface area contributed by atoms with Gasteiger partial charge in [0.15, 0.2) is 11.5 Å². The van der Waals surface area contributed by atoms with Crippen LogP contribution in [-0.2, 0) is 33.8 Å². The minimum atomic E-state index is -0.989. The highest BCUT2D eigenvalue weighted by Crippen LogP contribution is 2.39. The molecular weight excluding hydrogens is 553 g/mol. The van der Waals surface area contributed by atoms with Crippen molar-refractivity contribution in [1.29, 1.82) is 0 Å². The molecule has 0 aliphatic heterocycles. The Morgan fingerprint density at radius 2 is 1.87 bits per heavy atom. The number of hydrogen-bond acceptors (Lipinski definition) is 8. The number of hydrogen-bond donors (Lipinski definition) is 2. The summed E-state index contributed by atoms with van der Waals surface area (Å²) in [7, 11) is 2.77. The van der Waals surface area contributed by atoms with Crippen LogP contribution in [-0.4, -0.2) is 38.2 Å². The topological polar surface area (TPSA) is 115 Å². The molecule has 2 N–H and O–H groups in total. The number of fused-ring (bicyclic) bond motifs is 1. The van der Waals surface area contributed by atoms with Gasteiger partial charge in [-0.3, -0.25) is 9.59 Å². The average Bonchev–Trinajstić information content (AvgIpc) is 3.49. The number of thiophene rings is 1. The predicted octanol–water partition coefficient (Wildman–Crippen LogP) is 5.01. The molecule has 198 valence electrons. The molecule has 12 heteroatoms. The van der Waals surface area contributed by atoms with Crippen LogP contribution in [0.2, 0.25) is 10.0 Å². The Kier molecular flexibility index (Phi) is 8.88. The zero-order chi connectivity index (χ0) is 27.2.